The van der Waals surface area contributed by atoms with E-state index in [0.29, 0.717) is 24.3 Å². The Kier molecular flexibility index (Phi) is 6.24. The Morgan fingerprint density at radius 1 is 1.26 bits per heavy atom. The number of nitrogens with zero attached hydrogens (tertiary/aromatic N) is 3. The zero-order chi connectivity index (χ0) is 18.6. The number of hydrogen-bond donors (Lipinski definition) is 1. The molecule has 6 nitrogen and oxygen atoms in total. The fraction of sp³-hybridized carbons (Fsp3) is 0.632. The fourth-order valence-electron chi connectivity index (χ4n) is 3.96. The molecule has 8 heteroatoms. The van der Waals surface area contributed by atoms with Crippen LogP contribution in [0.4, 0.5) is 0 Å². The summed E-state index contributed by atoms with van der Waals surface area (Å²) in [6.45, 7) is 2.55. The lowest BCUT2D eigenvalue weighted by molar-refractivity contribution is -0.127. The minimum absolute atomic E-state index is 0.242. The van der Waals surface area contributed by atoms with E-state index in [2.05, 4.69) is 36.3 Å². The molecule has 0 bridgehead atoms. The highest BCUT2D eigenvalue weighted by molar-refractivity contribution is 9.10. The molecule has 2 aromatic rings. The van der Waals surface area contributed by atoms with Crippen molar-refractivity contribution < 1.29 is 9.32 Å². The number of carbonyl (C=O) groups excluding carboxylic acids is 1. The molecule has 4 rings (SSSR count). The Balaban J connectivity index is 1.24. The van der Waals surface area contributed by atoms with Gasteiger partial charge >= 0.3 is 0 Å². The molecular formula is C19H25BrN4O2S. The smallest absolute Gasteiger partial charge is 0.241 e. The summed E-state index contributed by atoms with van der Waals surface area (Å²) >= 11 is 5.04. The van der Waals surface area contributed by atoms with Gasteiger partial charge in [0, 0.05) is 34.9 Å². The minimum Gasteiger partial charge on any atom is -0.353 e. The SMILES string of the molecule is O=C(NC1CCN(Cc2nc(-c3cc(Br)cs3)no2)CC1)C1CCCCC1. The number of halogens is 1. The summed E-state index contributed by atoms with van der Waals surface area (Å²) in [5, 5.41) is 9.38. The first kappa shape index (κ1) is 19.1. The number of piperidine rings is 1. The average molecular weight is 453 g/mol. The number of thiophene rings is 1. The van der Waals surface area contributed by atoms with Crippen LogP contribution in [0.1, 0.15) is 50.8 Å². The second kappa shape index (κ2) is 8.84. The van der Waals surface area contributed by atoms with Gasteiger partial charge < -0.3 is 9.84 Å². The van der Waals surface area contributed by atoms with Crippen LogP contribution in [0.25, 0.3) is 10.7 Å². The largest absolute Gasteiger partial charge is 0.353 e. The van der Waals surface area contributed by atoms with Crippen LogP contribution < -0.4 is 5.32 Å². The van der Waals surface area contributed by atoms with E-state index in [1.54, 1.807) is 11.3 Å². The fourth-order valence-corrected chi connectivity index (χ4v) is 5.31. The molecule has 0 spiro atoms. The maximum atomic E-state index is 12.4. The van der Waals surface area contributed by atoms with Gasteiger partial charge in [-0.1, -0.05) is 24.4 Å². The second-order valence-electron chi connectivity index (χ2n) is 7.53. The number of hydrogen-bond acceptors (Lipinski definition) is 6. The lowest BCUT2D eigenvalue weighted by atomic mass is 9.88. The van der Waals surface area contributed by atoms with Crippen molar-refractivity contribution >= 4 is 33.2 Å². The van der Waals surface area contributed by atoms with Crippen molar-refractivity contribution in [1.29, 1.82) is 0 Å². The molecule has 0 atom stereocenters. The van der Waals surface area contributed by atoms with E-state index in [9.17, 15) is 4.79 Å². The summed E-state index contributed by atoms with van der Waals surface area (Å²) in [6.07, 6.45) is 7.77. The van der Waals surface area contributed by atoms with Crippen LogP contribution in [-0.4, -0.2) is 40.1 Å². The van der Waals surface area contributed by atoms with Gasteiger partial charge in [-0.2, -0.15) is 4.98 Å². The second-order valence-corrected chi connectivity index (χ2v) is 9.36. The Hall–Kier alpha value is -1.25. The molecule has 1 aliphatic heterocycles. The van der Waals surface area contributed by atoms with Crippen molar-refractivity contribution in [3.8, 4) is 10.7 Å². The zero-order valence-electron chi connectivity index (χ0n) is 15.3. The lowest BCUT2D eigenvalue weighted by Gasteiger charge is -2.32. The first-order valence-electron chi connectivity index (χ1n) is 9.77. The van der Waals surface area contributed by atoms with Crippen molar-refractivity contribution in [1.82, 2.24) is 20.4 Å². The van der Waals surface area contributed by atoms with E-state index in [4.69, 9.17) is 4.52 Å². The molecule has 0 unspecified atom stereocenters. The van der Waals surface area contributed by atoms with Gasteiger partial charge in [0.05, 0.1) is 11.4 Å². The van der Waals surface area contributed by atoms with Gasteiger partial charge in [0.25, 0.3) is 0 Å². The molecular weight excluding hydrogens is 428 g/mol. The Bertz CT molecular complexity index is 763. The van der Waals surface area contributed by atoms with Crippen LogP contribution in [-0.2, 0) is 11.3 Å². The predicted octanol–water partition coefficient (Wildman–Crippen LogP) is 4.22. The van der Waals surface area contributed by atoms with Gasteiger partial charge in [-0.3, -0.25) is 9.69 Å². The maximum Gasteiger partial charge on any atom is 0.241 e. The molecule has 1 amide bonds. The van der Waals surface area contributed by atoms with Crippen LogP contribution in [0.2, 0.25) is 0 Å². The van der Waals surface area contributed by atoms with E-state index in [-0.39, 0.29) is 11.8 Å². The van der Waals surface area contributed by atoms with Crippen LogP contribution in [0.15, 0.2) is 20.4 Å². The molecule has 0 aromatic carbocycles. The highest BCUT2D eigenvalue weighted by Crippen LogP contribution is 2.28. The quantitative estimate of drug-likeness (QED) is 0.734. The summed E-state index contributed by atoms with van der Waals surface area (Å²) in [7, 11) is 0. The predicted molar refractivity (Wildman–Crippen MR) is 108 cm³/mol. The Labute approximate surface area is 171 Å². The molecule has 2 fully saturated rings. The summed E-state index contributed by atoms with van der Waals surface area (Å²) < 4.78 is 6.45. The van der Waals surface area contributed by atoms with Gasteiger partial charge in [-0.25, -0.2) is 0 Å². The normalized spacial score (nSPS) is 20.0. The third kappa shape index (κ3) is 4.97. The molecule has 3 heterocycles. The van der Waals surface area contributed by atoms with Gasteiger partial charge in [0.2, 0.25) is 17.6 Å². The monoisotopic (exact) mass is 452 g/mol. The van der Waals surface area contributed by atoms with Crippen LogP contribution in [0.3, 0.4) is 0 Å². The van der Waals surface area contributed by atoms with E-state index in [1.165, 1.54) is 19.3 Å². The van der Waals surface area contributed by atoms with Gasteiger partial charge in [0.15, 0.2) is 0 Å². The zero-order valence-corrected chi connectivity index (χ0v) is 17.7. The molecule has 1 aliphatic carbocycles. The number of likely N-dealkylation sites (tertiary alicyclic amines) is 1. The Morgan fingerprint density at radius 3 is 2.74 bits per heavy atom. The minimum atomic E-state index is 0.242. The average Bonchev–Trinajstić information content (AvgIpc) is 3.33. The first-order chi connectivity index (χ1) is 13.2. The van der Waals surface area contributed by atoms with Crippen LogP contribution in [0.5, 0.6) is 0 Å². The van der Waals surface area contributed by atoms with Crippen molar-refractivity contribution in [2.75, 3.05) is 13.1 Å². The molecule has 27 heavy (non-hydrogen) atoms. The highest BCUT2D eigenvalue weighted by atomic mass is 79.9. The summed E-state index contributed by atoms with van der Waals surface area (Å²) in [4.78, 5) is 20.3. The van der Waals surface area contributed by atoms with E-state index in [1.807, 2.05) is 11.4 Å². The van der Waals surface area contributed by atoms with Crippen molar-refractivity contribution in [3.63, 3.8) is 0 Å². The summed E-state index contributed by atoms with van der Waals surface area (Å²) in [5.41, 5.74) is 0. The lowest BCUT2D eigenvalue weighted by Crippen LogP contribution is -2.46. The van der Waals surface area contributed by atoms with Gasteiger partial charge in [-0.05, 0) is 47.7 Å². The molecule has 1 saturated heterocycles. The number of nitrogens with one attached hydrogen (secondary N) is 1. The highest BCUT2D eigenvalue weighted by Gasteiger charge is 2.26. The van der Waals surface area contributed by atoms with Gasteiger partial charge in [-0.15, -0.1) is 11.3 Å². The maximum absolute atomic E-state index is 12.4. The standard InChI is InChI=1S/C19H25BrN4O2S/c20-14-10-16(27-12-14)18-22-17(26-23-18)11-24-8-6-15(7-9-24)21-19(25)13-4-2-1-3-5-13/h10,12-13,15H,1-9,11H2,(H,21,25). The third-order valence-corrected chi connectivity index (χ3v) is 7.21. The van der Waals surface area contributed by atoms with E-state index in [0.717, 1.165) is 48.1 Å². The third-order valence-electron chi connectivity index (χ3n) is 5.52. The Morgan fingerprint density at radius 2 is 2.04 bits per heavy atom. The van der Waals surface area contributed by atoms with Crippen molar-refractivity contribution in [2.24, 2.45) is 5.92 Å². The number of carbonyl (C=O) groups is 1. The van der Waals surface area contributed by atoms with Crippen LogP contribution in [0, 0.1) is 5.92 Å². The first-order valence-corrected chi connectivity index (χ1v) is 11.4. The van der Waals surface area contributed by atoms with Crippen LogP contribution >= 0.6 is 27.3 Å². The van der Waals surface area contributed by atoms with Crippen molar-refractivity contribution in [2.45, 2.75) is 57.5 Å². The molecule has 0 radical (unpaired) electrons. The summed E-state index contributed by atoms with van der Waals surface area (Å²) in [6, 6.07) is 2.30. The van der Waals surface area contributed by atoms with Gasteiger partial charge in [0.1, 0.15) is 0 Å². The van der Waals surface area contributed by atoms with E-state index >= 15 is 0 Å². The molecule has 146 valence electrons. The number of amides is 1. The molecule has 2 aromatic heterocycles. The van der Waals surface area contributed by atoms with E-state index < -0.39 is 0 Å². The number of rotatable bonds is 5. The molecule has 1 saturated carbocycles. The topological polar surface area (TPSA) is 71.3 Å². The summed E-state index contributed by atoms with van der Waals surface area (Å²) in [5.74, 6) is 1.82. The molecule has 1 N–H and O–H groups in total. The number of aromatic nitrogens is 2. The molecule has 2 aliphatic rings. The van der Waals surface area contributed by atoms with Crippen molar-refractivity contribution in [3.05, 3.63) is 21.8 Å².